The third kappa shape index (κ3) is 3.08. The SMILES string of the molecule is CNCCCc1nnc(-c2ncccc2C)s1. The monoisotopic (exact) mass is 248 g/mol. The van der Waals surface area contributed by atoms with E-state index in [1.807, 2.05) is 26.1 Å². The summed E-state index contributed by atoms with van der Waals surface area (Å²) < 4.78 is 0. The highest BCUT2D eigenvalue weighted by molar-refractivity contribution is 7.14. The summed E-state index contributed by atoms with van der Waals surface area (Å²) in [6, 6.07) is 3.98. The summed E-state index contributed by atoms with van der Waals surface area (Å²) in [7, 11) is 1.96. The number of nitrogens with zero attached hydrogens (tertiary/aromatic N) is 3. The van der Waals surface area contributed by atoms with E-state index in [4.69, 9.17) is 0 Å². The molecule has 17 heavy (non-hydrogen) atoms. The molecule has 0 aromatic carbocycles. The minimum absolute atomic E-state index is 0.919. The van der Waals surface area contributed by atoms with Crippen LogP contribution in [0, 0.1) is 6.92 Å². The van der Waals surface area contributed by atoms with Crippen LogP contribution in [0.1, 0.15) is 17.0 Å². The van der Waals surface area contributed by atoms with E-state index in [1.165, 1.54) is 0 Å². The predicted molar refractivity (Wildman–Crippen MR) is 70.1 cm³/mol. The lowest BCUT2D eigenvalue weighted by Gasteiger charge is -1.98. The molecule has 90 valence electrons. The average Bonchev–Trinajstić information content (AvgIpc) is 2.79. The highest BCUT2D eigenvalue weighted by Crippen LogP contribution is 2.24. The molecular formula is C12H16N4S. The molecule has 2 heterocycles. The van der Waals surface area contributed by atoms with Crippen molar-refractivity contribution in [3.63, 3.8) is 0 Å². The van der Waals surface area contributed by atoms with Gasteiger partial charge in [-0.25, -0.2) is 0 Å². The molecule has 0 fully saturated rings. The first kappa shape index (κ1) is 12.1. The van der Waals surface area contributed by atoms with Crippen molar-refractivity contribution in [1.29, 1.82) is 0 Å². The van der Waals surface area contributed by atoms with E-state index in [1.54, 1.807) is 17.5 Å². The van der Waals surface area contributed by atoms with Crippen molar-refractivity contribution in [2.75, 3.05) is 13.6 Å². The summed E-state index contributed by atoms with van der Waals surface area (Å²) in [6.07, 6.45) is 3.86. The fourth-order valence-electron chi connectivity index (χ4n) is 1.58. The predicted octanol–water partition coefficient (Wildman–Crippen LogP) is 2.06. The van der Waals surface area contributed by atoms with Crippen molar-refractivity contribution in [1.82, 2.24) is 20.5 Å². The third-order valence-electron chi connectivity index (χ3n) is 2.50. The second-order valence-electron chi connectivity index (χ2n) is 3.88. The van der Waals surface area contributed by atoms with Gasteiger partial charge in [0.1, 0.15) is 10.7 Å². The van der Waals surface area contributed by atoms with Gasteiger partial charge < -0.3 is 5.32 Å². The Morgan fingerprint density at radius 1 is 1.35 bits per heavy atom. The lowest BCUT2D eigenvalue weighted by atomic mass is 10.2. The van der Waals surface area contributed by atoms with Crippen LogP contribution in [0.4, 0.5) is 0 Å². The van der Waals surface area contributed by atoms with Crippen molar-refractivity contribution in [3.05, 3.63) is 28.9 Å². The summed E-state index contributed by atoms with van der Waals surface area (Å²) in [5.74, 6) is 0. The van der Waals surface area contributed by atoms with E-state index < -0.39 is 0 Å². The van der Waals surface area contributed by atoms with E-state index in [0.29, 0.717) is 0 Å². The lowest BCUT2D eigenvalue weighted by Crippen LogP contribution is -2.08. The summed E-state index contributed by atoms with van der Waals surface area (Å²) in [5.41, 5.74) is 2.09. The molecular weight excluding hydrogens is 232 g/mol. The fraction of sp³-hybridized carbons (Fsp3) is 0.417. The van der Waals surface area contributed by atoms with E-state index in [9.17, 15) is 0 Å². The van der Waals surface area contributed by atoms with Crippen LogP contribution >= 0.6 is 11.3 Å². The Hall–Kier alpha value is -1.33. The molecule has 2 aromatic heterocycles. The number of pyridine rings is 1. The van der Waals surface area contributed by atoms with Crippen molar-refractivity contribution in [2.45, 2.75) is 19.8 Å². The molecule has 0 aliphatic rings. The number of hydrogen-bond donors (Lipinski definition) is 1. The third-order valence-corrected chi connectivity index (χ3v) is 3.49. The van der Waals surface area contributed by atoms with Gasteiger partial charge in [0.2, 0.25) is 0 Å². The second kappa shape index (κ2) is 5.84. The van der Waals surface area contributed by atoms with Crippen LogP contribution in [0.2, 0.25) is 0 Å². The maximum atomic E-state index is 4.35. The Morgan fingerprint density at radius 2 is 2.24 bits per heavy atom. The van der Waals surface area contributed by atoms with Crippen molar-refractivity contribution >= 4 is 11.3 Å². The van der Waals surface area contributed by atoms with E-state index in [0.717, 1.165) is 40.7 Å². The minimum atomic E-state index is 0.919. The van der Waals surface area contributed by atoms with Gasteiger partial charge in [0.25, 0.3) is 0 Å². The number of nitrogens with one attached hydrogen (secondary N) is 1. The van der Waals surface area contributed by atoms with Crippen LogP contribution in [0.25, 0.3) is 10.7 Å². The number of aromatic nitrogens is 3. The zero-order valence-electron chi connectivity index (χ0n) is 10.1. The topological polar surface area (TPSA) is 50.7 Å². The number of rotatable bonds is 5. The maximum absolute atomic E-state index is 4.35. The number of aryl methyl sites for hydroxylation is 2. The van der Waals surface area contributed by atoms with Gasteiger partial charge in [0.15, 0.2) is 5.01 Å². The van der Waals surface area contributed by atoms with E-state index in [2.05, 4.69) is 20.5 Å². The van der Waals surface area contributed by atoms with Crippen LogP contribution in [0.15, 0.2) is 18.3 Å². The zero-order valence-corrected chi connectivity index (χ0v) is 10.9. The summed E-state index contributed by atoms with van der Waals surface area (Å²) in [4.78, 5) is 4.35. The van der Waals surface area contributed by atoms with Crippen molar-refractivity contribution in [2.24, 2.45) is 0 Å². The smallest absolute Gasteiger partial charge is 0.166 e. The molecule has 0 unspecified atom stereocenters. The molecule has 2 aromatic rings. The van der Waals surface area contributed by atoms with Gasteiger partial charge in [-0.2, -0.15) is 0 Å². The Morgan fingerprint density at radius 3 is 3.00 bits per heavy atom. The van der Waals surface area contributed by atoms with Gasteiger partial charge in [-0.3, -0.25) is 4.98 Å². The van der Waals surface area contributed by atoms with Crippen LogP contribution in [-0.2, 0) is 6.42 Å². The Labute approximate surface area is 105 Å². The minimum Gasteiger partial charge on any atom is -0.320 e. The maximum Gasteiger partial charge on any atom is 0.166 e. The molecule has 4 nitrogen and oxygen atoms in total. The summed E-state index contributed by atoms with van der Waals surface area (Å²) in [6.45, 7) is 3.06. The molecule has 0 bridgehead atoms. The largest absolute Gasteiger partial charge is 0.320 e. The van der Waals surface area contributed by atoms with Crippen LogP contribution in [-0.4, -0.2) is 28.8 Å². The fourth-order valence-corrected chi connectivity index (χ4v) is 2.52. The zero-order chi connectivity index (χ0) is 12.1. The molecule has 0 aliphatic carbocycles. The van der Waals surface area contributed by atoms with Crippen LogP contribution in [0.3, 0.4) is 0 Å². The normalized spacial score (nSPS) is 10.7. The molecule has 0 saturated carbocycles. The molecule has 0 radical (unpaired) electrons. The van der Waals surface area contributed by atoms with E-state index >= 15 is 0 Å². The molecule has 0 amide bonds. The Kier molecular flexibility index (Phi) is 4.17. The van der Waals surface area contributed by atoms with Gasteiger partial charge >= 0.3 is 0 Å². The molecule has 0 saturated heterocycles. The Bertz CT molecular complexity index is 481. The van der Waals surface area contributed by atoms with Gasteiger partial charge in [0.05, 0.1) is 0 Å². The quantitative estimate of drug-likeness (QED) is 0.823. The van der Waals surface area contributed by atoms with Gasteiger partial charge in [-0.1, -0.05) is 17.4 Å². The van der Waals surface area contributed by atoms with Crippen molar-refractivity contribution < 1.29 is 0 Å². The molecule has 0 atom stereocenters. The highest BCUT2D eigenvalue weighted by atomic mass is 32.1. The molecule has 1 N–H and O–H groups in total. The standard InChI is InChI=1S/C12H16N4S/c1-9-5-3-8-14-11(9)12-16-15-10(17-12)6-4-7-13-2/h3,5,8,13H,4,6-7H2,1-2H3. The van der Waals surface area contributed by atoms with Crippen molar-refractivity contribution in [3.8, 4) is 10.7 Å². The Balaban J connectivity index is 2.10. The first-order chi connectivity index (χ1) is 8.31. The van der Waals surface area contributed by atoms with E-state index in [-0.39, 0.29) is 0 Å². The lowest BCUT2D eigenvalue weighted by molar-refractivity contribution is 0.718. The molecule has 2 rings (SSSR count). The highest BCUT2D eigenvalue weighted by Gasteiger charge is 2.09. The second-order valence-corrected chi connectivity index (χ2v) is 4.94. The first-order valence-corrected chi connectivity index (χ1v) is 6.52. The summed E-state index contributed by atoms with van der Waals surface area (Å²) in [5, 5.41) is 13.6. The van der Waals surface area contributed by atoms with Crippen LogP contribution in [0.5, 0.6) is 0 Å². The first-order valence-electron chi connectivity index (χ1n) is 5.70. The van der Waals surface area contributed by atoms with Gasteiger partial charge in [-0.05, 0) is 38.6 Å². The average molecular weight is 248 g/mol. The van der Waals surface area contributed by atoms with Gasteiger partial charge in [-0.15, -0.1) is 10.2 Å². The van der Waals surface area contributed by atoms with Gasteiger partial charge in [0, 0.05) is 12.6 Å². The number of hydrogen-bond acceptors (Lipinski definition) is 5. The molecule has 0 spiro atoms. The molecule has 5 heteroatoms. The van der Waals surface area contributed by atoms with Crippen LogP contribution < -0.4 is 5.32 Å². The summed E-state index contributed by atoms with van der Waals surface area (Å²) >= 11 is 1.64. The molecule has 0 aliphatic heterocycles.